The number of hydrogen-bond donors (Lipinski definition) is 2. The van der Waals surface area contributed by atoms with Crippen LogP contribution in [0.5, 0.6) is 0 Å². The highest BCUT2D eigenvalue weighted by Crippen LogP contribution is 2.39. The molecule has 0 spiro atoms. The molecular formula is C19H22N2O3. The van der Waals surface area contributed by atoms with E-state index in [9.17, 15) is 9.90 Å². The molecule has 0 saturated heterocycles. The average Bonchev–Trinajstić information content (AvgIpc) is 2.53. The van der Waals surface area contributed by atoms with Crippen molar-refractivity contribution in [3.05, 3.63) is 52.7 Å². The van der Waals surface area contributed by atoms with Crippen LogP contribution in [0.3, 0.4) is 0 Å². The lowest BCUT2D eigenvalue weighted by molar-refractivity contribution is 0.0695. The molecule has 0 aliphatic heterocycles. The van der Waals surface area contributed by atoms with Crippen LogP contribution < -0.4 is 5.90 Å². The third-order valence-electron chi connectivity index (χ3n) is 4.73. The fraction of sp³-hybridized carbons (Fsp3) is 0.368. The van der Waals surface area contributed by atoms with E-state index < -0.39 is 5.97 Å². The largest absolute Gasteiger partial charge is 0.478 e. The lowest BCUT2D eigenvalue weighted by atomic mass is 9.73. The van der Waals surface area contributed by atoms with E-state index in [4.69, 9.17) is 10.7 Å². The predicted octanol–water partition coefficient (Wildman–Crippen LogP) is 3.35. The summed E-state index contributed by atoms with van der Waals surface area (Å²) in [5.41, 5.74) is 4.43. The van der Waals surface area contributed by atoms with Gasteiger partial charge in [-0.3, -0.25) is 9.82 Å². The predicted molar refractivity (Wildman–Crippen MR) is 91.4 cm³/mol. The second-order valence-electron chi connectivity index (χ2n) is 7.10. The molecule has 1 aromatic heterocycles. The first kappa shape index (κ1) is 16.6. The maximum Gasteiger partial charge on any atom is 0.338 e. The first-order chi connectivity index (χ1) is 11.4. The Morgan fingerprint density at radius 2 is 2.12 bits per heavy atom. The third kappa shape index (κ3) is 3.05. The van der Waals surface area contributed by atoms with Crippen LogP contribution in [-0.4, -0.2) is 16.1 Å². The van der Waals surface area contributed by atoms with Gasteiger partial charge in [0.15, 0.2) is 0 Å². The van der Waals surface area contributed by atoms with E-state index in [-0.39, 0.29) is 12.0 Å². The Kier molecular flexibility index (Phi) is 4.39. The second kappa shape index (κ2) is 6.34. The molecule has 5 heteroatoms. The minimum Gasteiger partial charge on any atom is -0.478 e. The molecule has 1 aliphatic rings. The van der Waals surface area contributed by atoms with Crippen molar-refractivity contribution in [3.8, 4) is 11.3 Å². The number of benzene rings is 1. The summed E-state index contributed by atoms with van der Waals surface area (Å²) in [6.45, 7) is 4.56. The number of rotatable bonds is 4. The molecule has 126 valence electrons. The number of nitrogens with two attached hydrogens (primary N) is 1. The summed E-state index contributed by atoms with van der Waals surface area (Å²) in [7, 11) is 0. The summed E-state index contributed by atoms with van der Waals surface area (Å²) in [4.78, 5) is 21.3. The molecule has 1 aromatic carbocycles. The van der Waals surface area contributed by atoms with Gasteiger partial charge in [0, 0.05) is 11.8 Å². The minimum atomic E-state index is -0.935. The first-order valence-corrected chi connectivity index (χ1v) is 8.07. The molecule has 1 aliphatic carbocycles. The van der Waals surface area contributed by atoms with Crippen LogP contribution in [0.2, 0.25) is 0 Å². The van der Waals surface area contributed by atoms with Gasteiger partial charge in [0.05, 0.1) is 17.9 Å². The van der Waals surface area contributed by atoms with Crippen molar-refractivity contribution in [2.24, 2.45) is 11.3 Å². The van der Waals surface area contributed by atoms with Gasteiger partial charge in [-0.15, -0.1) is 0 Å². The number of nitrogens with zero attached hydrogens (tertiary/aromatic N) is 1. The van der Waals surface area contributed by atoms with Crippen LogP contribution in [0.1, 0.15) is 47.3 Å². The molecule has 0 radical (unpaired) electrons. The molecular weight excluding hydrogens is 304 g/mol. The summed E-state index contributed by atoms with van der Waals surface area (Å²) < 4.78 is 0. The van der Waals surface area contributed by atoms with E-state index >= 15 is 0 Å². The lowest BCUT2D eigenvalue weighted by Gasteiger charge is -2.32. The Balaban J connectivity index is 2.22. The van der Waals surface area contributed by atoms with E-state index in [1.807, 2.05) is 30.5 Å². The molecule has 24 heavy (non-hydrogen) atoms. The summed E-state index contributed by atoms with van der Waals surface area (Å²) in [5, 5.41) is 9.88. The Morgan fingerprint density at radius 1 is 1.38 bits per heavy atom. The topological polar surface area (TPSA) is 85.4 Å². The van der Waals surface area contributed by atoms with Gasteiger partial charge >= 0.3 is 5.97 Å². The number of carbonyl (C=O) groups is 1. The van der Waals surface area contributed by atoms with Crippen LogP contribution in [0, 0.1) is 5.41 Å². The zero-order chi connectivity index (χ0) is 17.3. The Bertz CT molecular complexity index is 784. The van der Waals surface area contributed by atoms with Gasteiger partial charge in [0.25, 0.3) is 0 Å². The monoisotopic (exact) mass is 326 g/mol. The van der Waals surface area contributed by atoms with Crippen molar-refractivity contribution >= 4 is 5.97 Å². The molecule has 0 amide bonds. The molecule has 0 fully saturated rings. The quantitative estimate of drug-likeness (QED) is 0.842. The van der Waals surface area contributed by atoms with Crippen LogP contribution in [-0.2, 0) is 24.3 Å². The zero-order valence-electron chi connectivity index (χ0n) is 14.0. The zero-order valence-corrected chi connectivity index (χ0v) is 14.0. The lowest BCUT2D eigenvalue weighted by Crippen LogP contribution is -2.25. The van der Waals surface area contributed by atoms with E-state index in [1.165, 1.54) is 0 Å². The Labute approximate surface area is 141 Å². The molecule has 0 atom stereocenters. The highest BCUT2D eigenvalue weighted by Gasteiger charge is 2.31. The number of fused-ring (bicyclic) bond motifs is 1. The van der Waals surface area contributed by atoms with Crippen LogP contribution in [0.15, 0.2) is 30.5 Å². The van der Waals surface area contributed by atoms with Gasteiger partial charge in [-0.1, -0.05) is 38.1 Å². The Hall–Kier alpha value is -2.24. The highest BCUT2D eigenvalue weighted by molar-refractivity contribution is 5.97. The summed E-state index contributed by atoms with van der Waals surface area (Å²) in [6.07, 6.45) is 4.47. The minimum absolute atomic E-state index is 0.0930. The van der Waals surface area contributed by atoms with Crippen LogP contribution >= 0.6 is 0 Å². The number of aromatic nitrogens is 1. The van der Waals surface area contributed by atoms with E-state index in [1.54, 1.807) is 0 Å². The maximum absolute atomic E-state index is 12.1. The van der Waals surface area contributed by atoms with Crippen molar-refractivity contribution < 1.29 is 14.7 Å². The normalized spacial score (nSPS) is 15.8. The fourth-order valence-corrected chi connectivity index (χ4v) is 3.45. The molecule has 0 saturated carbocycles. The van der Waals surface area contributed by atoms with Crippen molar-refractivity contribution in [1.29, 1.82) is 0 Å². The van der Waals surface area contributed by atoms with E-state index in [0.29, 0.717) is 11.3 Å². The standard InChI is InChI=1S/C19H22N2O3/c1-19(2)8-7-12-10-21-17(16(18(22)23)15(12)9-19)14-6-4-3-5-13(14)11-24-20/h3-6,10H,7-9,11,20H2,1-2H3,(H,22,23). The highest BCUT2D eigenvalue weighted by atomic mass is 16.6. The van der Waals surface area contributed by atoms with Crippen molar-refractivity contribution in [3.63, 3.8) is 0 Å². The Morgan fingerprint density at radius 3 is 2.83 bits per heavy atom. The van der Waals surface area contributed by atoms with Gasteiger partial charge in [0.2, 0.25) is 0 Å². The second-order valence-corrected chi connectivity index (χ2v) is 7.10. The van der Waals surface area contributed by atoms with Gasteiger partial charge in [-0.2, -0.15) is 0 Å². The fourth-order valence-electron chi connectivity index (χ4n) is 3.45. The molecule has 1 heterocycles. The van der Waals surface area contributed by atoms with E-state index in [0.717, 1.165) is 41.5 Å². The summed E-state index contributed by atoms with van der Waals surface area (Å²) >= 11 is 0. The van der Waals surface area contributed by atoms with Gasteiger partial charge in [0.1, 0.15) is 0 Å². The smallest absolute Gasteiger partial charge is 0.338 e. The summed E-state index contributed by atoms with van der Waals surface area (Å²) in [6, 6.07) is 7.48. The van der Waals surface area contributed by atoms with Crippen molar-refractivity contribution in [2.75, 3.05) is 0 Å². The van der Waals surface area contributed by atoms with E-state index in [2.05, 4.69) is 18.8 Å². The number of aromatic carboxylic acids is 1. The van der Waals surface area contributed by atoms with Gasteiger partial charge in [-0.05, 0) is 41.4 Å². The maximum atomic E-state index is 12.1. The number of aryl methyl sites for hydroxylation is 1. The third-order valence-corrected chi connectivity index (χ3v) is 4.73. The van der Waals surface area contributed by atoms with Gasteiger partial charge < -0.3 is 5.11 Å². The summed E-state index contributed by atoms with van der Waals surface area (Å²) in [5.74, 6) is 4.28. The molecule has 2 aromatic rings. The number of hydrogen-bond acceptors (Lipinski definition) is 4. The molecule has 3 rings (SSSR count). The van der Waals surface area contributed by atoms with Crippen LogP contribution in [0.4, 0.5) is 0 Å². The molecule has 3 N–H and O–H groups in total. The van der Waals surface area contributed by atoms with Gasteiger partial charge in [-0.25, -0.2) is 10.7 Å². The van der Waals surface area contributed by atoms with Crippen LogP contribution in [0.25, 0.3) is 11.3 Å². The molecule has 5 nitrogen and oxygen atoms in total. The average molecular weight is 326 g/mol. The van der Waals surface area contributed by atoms with Crippen molar-refractivity contribution in [2.45, 2.75) is 39.7 Å². The molecule has 0 unspecified atom stereocenters. The SMILES string of the molecule is CC1(C)CCc2cnc(-c3ccccc3CON)c(C(=O)O)c2C1. The number of carboxylic acids is 1. The number of pyridine rings is 1. The first-order valence-electron chi connectivity index (χ1n) is 8.07. The van der Waals surface area contributed by atoms with Crippen molar-refractivity contribution in [1.82, 2.24) is 4.98 Å². The molecule has 0 bridgehead atoms. The number of carboxylic acid groups (broad SMARTS) is 1.